The molecule has 0 fully saturated rings. The smallest absolute Gasteiger partial charge is 0.313 e. The molecule has 2 N–H and O–H groups in total. The number of esters is 1. The van der Waals surface area contributed by atoms with Crippen LogP contribution in [0.4, 0.5) is 0 Å². The van der Waals surface area contributed by atoms with E-state index in [1.807, 2.05) is 24.3 Å². The topological polar surface area (TPSA) is 66.8 Å². The molecule has 1 aromatic carbocycles. The van der Waals surface area contributed by atoms with Gasteiger partial charge in [0, 0.05) is 0 Å². The molecule has 0 saturated carbocycles. The van der Waals surface area contributed by atoms with E-state index in [4.69, 9.17) is 14.9 Å². The SMILES string of the molecule is CC(C)Cc1ccc(C(C)C(=O)OCC(O)CO)cc1. The van der Waals surface area contributed by atoms with Gasteiger partial charge in [-0.25, -0.2) is 0 Å². The third kappa shape index (κ3) is 5.31. The number of benzene rings is 1. The first-order chi connectivity index (χ1) is 9.43. The first-order valence-electron chi connectivity index (χ1n) is 6.98. The van der Waals surface area contributed by atoms with Crippen LogP contribution in [0, 0.1) is 5.92 Å². The fraction of sp³-hybridized carbons (Fsp3) is 0.562. The first kappa shape index (κ1) is 16.7. The van der Waals surface area contributed by atoms with Crippen LogP contribution in [0.1, 0.15) is 37.8 Å². The van der Waals surface area contributed by atoms with E-state index in [0.29, 0.717) is 5.92 Å². The maximum atomic E-state index is 11.8. The zero-order chi connectivity index (χ0) is 15.1. The highest BCUT2D eigenvalue weighted by Crippen LogP contribution is 2.19. The number of hydrogen-bond donors (Lipinski definition) is 2. The molecule has 0 saturated heterocycles. The Labute approximate surface area is 120 Å². The molecule has 0 aliphatic heterocycles. The van der Waals surface area contributed by atoms with E-state index in [1.165, 1.54) is 5.56 Å². The number of carbonyl (C=O) groups excluding carboxylic acids is 1. The van der Waals surface area contributed by atoms with Crippen LogP contribution in [-0.4, -0.2) is 35.5 Å². The predicted molar refractivity (Wildman–Crippen MR) is 77.5 cm³/mol. The molecule has 4 nitrogen and oxygen atoms in total. The normalized spacial score (nSPS) is 14.1. The molecule has 0 aromatic heterocycles. The van der Waals surface area contributed by atoms with Gasteiger partial charge < -0.3 is 14.9 Å². The number of aliphatic hydroxyl groups is 2. The van der Waals surface area contributed by atoms with Gasteiger partial charge in [-0.1, -0.05) is 38.1 Å². The molecule has 0 aliphatic carbocycles. The zero-order valence-corrected chi connectivity index (χ0v) is 12.4. The Kier molecular flexibility index (Phi) is 6.68. The van der Waals surface area contributed by atoms with Crippen molar-refractivity contribution >= 4 is 5.97 Å². The molecule has 0 heterocycles. The lowest BCUT2D eigenvalue weighted by atomic mass is 9.97. The number of rotatable bonds is 7. The molecular weight excluding hydrogens is 256 g/mol. The zero-order valence-electron chi connectivity index (χ0n) is 12.4. The van der Waals surface area contributed by atoms with Crippen molar-refractivity contribution in [3.8, 4) is 0 Å². The molecule has 20 heavy (non-hydrogen) atoms. The number of ether oxygens (including phenoxy) is 1. The van der Waals surface area contributed by atoms with Crippen LogP contribution in [0.15, 0.2) is 24.3 Å². The fourth-order valence-corrected chi connectivity index (χ4v) is 1.91. The average molecular weight is 280 g/mol. The summed E-state index contributed by atoms with van der Waals surface area (Å²) in [5, 5.41) is 17.8. The number of hydrogen-bond acceptors (Lipinski definition) is 4. The molecule has 0 radical (unpaired) electrons. The van der Waals surface area contributed by atoms with Crippen LogP contribution in [-0.2, 0) is 16.0 Å². The van der Waals surface area contributed by atoms with E-state index in [-0.39, 0.29) is 12.5 Å². The van der Waals surface area contributed by atoms with E-state index >= 15 is 0 Å². The van der Waals surface area contributed by atoms with Gasteiger partial charge in [0.25, 0.3) is 0 Å². The van der Waals surface area contributed by atoms with Crippen molar-refractivity contribution in [3.63, 3.8) is 0 Å². The Bertz CT molecular complexity index is 411. The molecule has 0 bridgehead atoms. The summed E-state index contributed by atoms with van der Waals surface area (Å²) in [6.07, 6.45) is 0.00139. The van der Waals surface area contributed by atoms with Crippen molar-refractivity contribution in [3.05, 3.63) is 35.4 Å². The number of aliphatic hydroxyl groups excluding tert-OH is 2. The van der Waals surface area contributed by atoms with Crippen LogP contribution >= 0.6 is 0 Å². The third-order valence-corrected chi connectivity index (χ3v) is 3.11. The largest absolute Gasteiger partial charge is 0.462 e. The molecule has 2 atom stereocenters. The van der Waals surface area contributed by atoms with Crippen molar-refractivity contribution < 1.29 is 19.7 Å². The van der Waals surface area contributed by atoms with Crippen molar-refractivity contribution in [2.24, 2.45) is 5.92 Å². The summed E-state index contributed by atoms with van der Waals surface area (Å²) >= 11 is 0. The van der Waals surface area contributed by atoms with Gasteiger partial charge in [0.05, 0.1) is 12.5 Å². The lowest BCUT2D eigenvalue weighted by molar-refractivity contribution is -0.148. The summed E-state index contributed by atoms with van der Waals surface area (Å²) < 4.78 is 4.96. The van der Waals surface area contributed by atoms with E-state index in [2.05, 4.69) is 13.8 Å². The Morgan fingerprint density at radius 1 is 1.20 bits per heavy atom. The summed E-state index contributed by atoms with van der Waals surface area (Å²) in [5.74, 6) is -0.175. The molecule has 1 rings (SSSR count). The summed E-state index contributed by atoms with van der Waals surface area (Å²) in [6, 6.07) is 7.93. The van der Waals surface area contributed by atoms with Gasteiger partial charge in [0.15, 0.2) is 0 Å². The summed E-state index contributed by atoms with van der Waals surface area (Å²) in [4.78, 5) is 11.8. The average Bonchev–Trinajstić information content (AvgIpc) is 2.43. The Balaban J connectivity index is 2.58. The lowest BCUT2D eigenvalue weighted by Gasteiger charge is -2.14. The molecule has 2 unspecified atom stereocenters. The van der Waals surface area contributed by atoms with Crippen molar-refractivity contribution in [1.82, 2.24) is 0 Å². The molecule has 0 aliphatic rings. The Morgan fingerprint density at radius 2 is 1.80 bits per heavy atom. The highest BCUT2D eigenvalue weighted by Gasteiger charge is 2.18. The maximum absolute atomic E-state index is 11.8. The highest BCUT2D eigenvalue weighted by molar-refractivity contribution is 5.77. The second-order valence-corrected chi connectivity index (χ2v) is 5.53. The van der Waals surface area contributed by atoms with Gasteiger partial charge in [-0.05, 0) is 30.4 Å². The lowest BCUT2D eigenvalue weighted by Crippen LogP contribution is -2.24. The van der Waals surface area contributed by atoms with Crippen LogP contribution in [0.2, 0.25) is 0 Å². The van der Waals surface area contributed by atoms with Gasteiger partial charge in [-0.15, -0.1) is 0 Å². The second-order valence-electron chi connectivity index (χ2n) is 5.53. The van der Waals surface area contributed by atoms with Gasteiger partial charge in [-0.3, -0.25) is 4.79 Å². The van der Waals surface area contributed by atoms with Crippen LogP contribution in [0.25, 0.3) is 0 Å². The predicted octanol–water partition coefficient (Wildman–Crippen LogP) is 1.89. The summed E-state index contributed by atoms with van der Waals surface area (Å²) in [6.45, 7) is 5.52. The van der Waals surface area contributed by atoms with E-state index in [0.717, 1.165) is 12.0 Å². The Morgan fingerprint density at radius 3 is 2.30 bits per heavy atom. The van der Waals surface area contributed by atoms with E-state index in [1.54, 1.807) is 6.92 Å². The van der Waals surface area contributed by atoms with Crippen molar-refractivity contribution in [2.75, 3.05) is 13.2 Å². The standard InChI is InChI=1S/C16H24O4/c1-11(2)8-13-4-6-14(7-5-13)12(3)16(19)20-10-15(18)9-17/h4-7,11-12,15,17-18H,8-10H2,1-3H3. The van der Waals surface area contributed by atoms with Crippen molar-refractivity contribution in [1.29, 1.82) is 0 Å². The summed E-state index contributed by atoms with van der Waals surface area (Å²) in [5.41, 5.74) is 2.14. The van der Waals surface area contributed by atoms with Crippen LogP contribution in [0.5, 0.6) is 0 Å². The van der Waals surface area contributed by atoms with Crippen LogP contribution in [0.3, 0.4) is 0 Å². The van der Waals surface area contributed by atoms with Gasteiger partial charge in [-0.2, -0.15) is 0 Å². The number of carbonyl (C=O) groups is 1. The molecule has 0 amide bonds. The molecule has 0 spiro atoms. The molecular formula is C16H24O4. The first-order valence-corrected chi connectivity index (χ1v) is 6.98. The van der Waals surface area contributed by atoms with Gasteiger partial charge in [0.1, 0.15) is 12.7 Å². The molecule has 112 valence electrons. The monoisotopic (exact) mass is 280 g/mol. The van der Waals surface area contributed by atoms with Gasteiger partial charge in [0.2, 0.25) is 0 Å². The van der Waals surface area contributed by atoms with Gasteiger partial charge >= 0.3 is 5.97 Å². The third-order valence-electron chi connectivity index (χ3n) is 3.11. The highest BCUT2D eigenvalue weighted by atomic mass is 16.5. The van der Waals surface area contributed by atoms with Crippen LogP contribution < -0.4 is 0 Å². The minimum Gasteiger partial charge on any atom is -0.462 e. The minimum atomic E-state index is -1.01. The Hall–Kier alpha value is -1.39. The summed E-state index contributed by atoms with van der Waals surface area (Å²) in [7, 11) is 0. The quantitative estimate of drug-likeness (QED) is 0.748. The molecule has 1 aromatic rings. The maximum Gasteiger partial charge on any atom is 0.313 e. The van der Waals surface area contributed by atoms with Crippen molar-refractivity contribution in [2.45, 2.75) is 39.2 Å². The van der Waals surface area contributed by atoms with E-state index < -0.39 is 18.7 Å². The fourth-order valence-electron chi connectivity index (χ4n) is 1.91. The van der Waals surface area contributed by atoms with E-state index in [9.17, 15) is 4.79 Å². The molecule has 4 heteroatoms. The minimum absolute atomic E-state index is 0.175. The second kappa shape index (κ2) is 8.02.